The molecule has 0 aliphatic heterocycles. The summed E-state index contributed by atoms with van der Waals surface area (Å²) in [6.45, 7) is 1.71. The van der Waals surface area contributed by atoms with Gasteiger partial charge < -0.3 is 10.1 Å². The van der Waals surface area contributed by atoms with Gasteiger partial charge in [0, 0.05) is 16.3 Å². The van der Waals surface area contributed by atoms with Crippen molar-refractivity contribution >= 4 is 23.2 Å². The monoisotopic (exact) mass is 351 g/mol. The zero-order chi connectivity index (χ0) is 17.6. The molecule has 1 amide bonds. The van der Waals surface area contributed by atoms with Gasteiger partial charge in [0.05, 0.1) is 0 Å². The molecule has 3 rings (SSSR count). The van der Waals surface area contributed by atoms with Gasteiger partial charge in [-0.05, 0) is 36.8 Å². The summed E-state index contributed by atoms with van der Waals surface area (Å²) in [6.07, 6.45) is -0.651. The number of nitrogens with one attached hydrogen (secondary N) is 1. The smallest absolute Gasteiger partial charge is 0.265 e. The van der Waals surface area contributed by atoms with Crippen LogP contribution in [0.4, 0.5) is 5.69 Å². The number of amides is 1. The number of hydrogen-bond acceptors (Lipinski definition) is 2. The highest BCUT2D eigenvalue weighted by Crippen LogP contribution is 2.28. The van der Waals surface area contributed by atoms with Crippen LogP contribution < -0.4 is 10.1 Å². The van der Waals surface area contributed by atoms with E-state index in [9.17, 15) is 4.79 Å². The number of halogens is 1. The van der Waals surface area contributed by atoms with Gasteiger partial charge in [0.25, 0.3) is 5.91 Å². The molecule has 3 aromatic rings. The molecule has 126 valence electrons. The zero-order valence-electron chi connectivity index (χ0n) is 13.8. The second-order valence-electron chi connectivity index (χ2n) is 5.62. The molecule has 0 aromatic heterocycles. The fraction of sp³-hybridized carbons (Fsp3) is 0.0952. The van der Waals surface area contributed by atoms with Crippen molar-refractivity contribution in [2.45, 2.75) is 13.0 Å². The average Bonchev–Trinajstić information content (AvgIpc) is 2.63. The van der Waals surface area contributed by atoms with Crippen LogP contribution >= 0.6 is 11.6 Å². The summed E-state index contributed by atoms with van der Waals surface area (Å²) in [5.41, 5.74) is 2.76. The van der Waals surface area contributed by atoms with Crippen LogP contribution in [0.2, 0.25) is 5.02 Å². The molecule has 3 nitrogen and oxygen atoms in total. The highest BCUT2D eigenvalue weighted by atomic mass is 35.5. The van der Waals surface area contributed by atoms with E-state index in [1.165, 1.54) is 0 Å². The standard InChI is InChI=1S/C21H18ClNO2/c1-15(25-18-11-7-10-17(22)14-18)21(24)23-20-13-6-5-12-19(20)16-8-3-2-4-9-16/h2-15H,1H3,(H,23,24)/t15-/m0/s1. The van der Waals surface area contributed by atoms with E-state index in [-0.39, 0.29) is 5.91 Å². The first-order valence-electron chi connectivity index (χ1n) is 8.01. The van der Waals surface area contributed by atoms with Crippen molar-refractivity contribution in [3.8, 4) is 16.9 Å². The Kier molecular flexibility index (Phi) is 5.36. The third-order valence-electron chi connectivity index (χ3n) is 3.75. The van der Waals surface area contributed by atoms with E-state index in [2.05, 4.69) is 5.32 Å². The number of ether oxygens (including phenoxy) is 1. The molecule has 0 radical (unpaired) electrons. The molecule has 0 bridgehead atoms. The summed E-state index contributed by atoms with van der Waals surface area (Å²) < 4.78 is 5.68. The van der Waals surface area contributed by atoms with Crippen LogP contribution in [0.1, 0.15) is 6.92 Å². The van der Waals surface area contributed by atoms with Gasteiger partial charge in [0.15, 0.2) is 6.10 Å². The molecular formula is C21H18ClNO2. The minimum atomic E-state index is -0.651. The molecule has 0 heterocycles. The summed E-state index contributed by atoms with van der Waals surface area (Å²) in [5, 5.41) is 3.52. The van der Waals surface area contributed by atoms with Gasteiger partial charge in [0.1, 0.15) is 5.75 Å². The summed E-state index contributed by atoms with van der Waals surface area (Å²) in [6, 6.07) is 24.6. The van der Waals surface area contributed by atoms with Crippen LogP contribution in [0.25, 0.3) is 11.1 Å². The van der Waals surface area contributed by atoms with Crippen LogP contribution in [0.3, 0.4) is 0 Å². The molecule has 4 heteroatoms. The highest BCUT2D eigenvalue weighted by Gasteiger charge is 2.16. The fourth-order valence-corrected chi connectivity index (χ4v) is 2.67. The Morgan fingerprint density at radius 1 is 0.960 bits per heavy atom. The lowest BCUT2D eigenvalue weighted by molar-refractivity contribution is -0.122. The number of carbonyl (C=O) groups is 1. The predicted octanol–water partition coefficient (Wildman–Crippen LogP) is 5.41. The van der Waals surface area contributed by atoms with Gasteiger partial charge in [0.2, 0.25) is 0 Å². The quantitative estimate of drug-likeness (QED) is 0.667. The maximum Gasteiger partial charge on any atom is 0.265 e. The van der Waals surface area contributed by atoms with Gasteiger partial charge in [-0.25, -0.2) is 0 Å². The lowest BCUT2D eigenvalue weighted by atomic mass is 10.0. The third kappa shape index (κ3) is 4.40. The summed E-state index contributed by atoms with van der Waals surface area (Å²) in [5.74, 6) is 0.342. The van der Waals surface area contributed by atoms with Crippen molar-refractivity contribution in [2.24, 2.45) is 0 Å². The van der Waals surface area contributed by atoms with Crippen LogP contribution in [0.5, 0.6) is 5.75 Å². The number of carbonyl (C=O) groups excluding carboxylic acids is 1. The number of para-hydroxylation sites is 1. The molecule has 3 aromatic carbocycles. The molecule has 0 saturated carbocycles. The van der Waals surface area contributed by atoms with Crippen molar-refractivity contribution in [1.82, 2.24) is 0 Å². The van der Waals surface area contributed by atoms with Gasteiger partial charge in [-0.15, -0.1) is 0 Å². The van der Waals surface area contributed by atoms with Crippen LogP contribution in [0, 0.1) is 0 Å². The Hall–Kier alpha value is -2.78. The van der Waals surface area contributed by atoms with Crippen LogP contribution in [-0.2, 0) is 4.79 Å². The molecular weight excluding hydrogens is 334 g/mol. The lowest BCUT2D eigenvalue weighted by Gasteiger charge is -2.17. The molecule has 1 N–H and O–H groups in total. The highest BCUT2D eigenvalue weighted by molar-refractivity contribution is 6.30. The normalized spacial score (nSPS) is 11.6. The molecule has 0 unspecified atom stereocenters. The Labute approximate surface area is 152 Å². The number of anilines is 1. The molecule has 0 aliphatic carbocycles. The largest absolute Gasteiger partial charge is 0.481 e. The predicted molar refractivity (Wildman–Crippen MR) is 102 cm³/mol. The van der Waals surface area contributed by atoms with Crippen molar-refractivity contribution in [3.63, 3.8) is 0 Å². The van der Waals surface area contributed by atoms with Crippen LogP contribution in [0.15, 0.2) is 78.9 Å². The van der Waals surface area contributed by atoms with Crippen LogP contribution in [-0.4, -0.2) is 12.0 Å². The molecule has 0 spiro atoms. The first kappa shape index (κ1) is 17.1. The third-order valence-corrected chi connectivity index (χ3v) is 3.98. The number of hydrogen-bond donors (Lipinski definition) is 1. The first-order valence-corrected chi connectivity index (χ1v) is 8.39. The summed E-state index contributed by atoms with van der Waals surface area (Å²) in [4.78, 5) is 12.5. The first-order chi connectivity index (χ1) is 12.1. The summed E-state index contributed by atoms with van der Waals surface area (Å²) >= 11 is 5.95. The lowest BCUT2D eigenvalue weighted by Crippen LogP contribution is -2.30. The van der Waals surface area contributed by atoms with Gasteiger partial charge in [-0.2, -0.15) is 0 Å². The van der Waals surface area contributed by atoms with E-state index in [1.807, 2.05) is 54.6 Å². The topological polar surface area (TPSA) is 38.3 Å². The molecule has 0 fully saturated rings. The summed E-state index contributed by atoms with van der Waals surface area (Å²) in [7, 11) is 0. The second-order valence-corrected chi connectivity index (χ2v) is 6.05. The molecule has 0 aliphatic rings. The SMILES string of the molecule is C[C@H](Oc1cccc(Cl)c1)C(=O)Nc1ccccc1-c1ccccc1. The van der Waals surface area contributed by atoms with E-state index >= 15 is 0 Å². The van der Waals surface area contributed by atoms with Gasteiger partial charge >= 0.3 is 0 Å². The van der Waals surface area contributed by atoms with Crippen molar-refractivity contribution in [3.05, 3.63) is 83.9 Å². The average molecular weight is 352 g/mol. The fourth-order valence-electron chi connectivity index (χ4n) is 2.49. The molecule has 1 atom stereocenters. The second kappa shape index (κ2) is 7.86. The Morgan fingerprint density at radius 3 is 2.44 bits per heavy atom. The maximum atomic E-state index is 12.5. The maximum absolute atomic E-state index is 12.5. The van der Waals surface area contributed by atoms with Crippen molar-refractivity contribution < 1.29 is 9.53 Å². The number of benzene rings is 3. The molecule has 25 heavy (non-hydrogen) atoms. The van der Waals surface area contributed by atoms with E-state index in [0.29, 0.717) is 10.8 Å². The minimum absolute atomic E-state index is 0.219. The zero-order valence-corrected chi connectivity index (χ0v) is 14.5. The van der Waals surface area contributed by atoms with Gasteiger partial charge in [-0.1, -0.05) is 66.2 Å². The van der Waals surface area contributed by atoms with E-state index in [1.54, 1.807) is 31.2 Å². The van der Waals surface area contributed by atoms with Crippen molar-refractivity contribution in [2.75, 3.05) is 5.32 Å². The van der Waals surface area contributed by atoms with E-state index < -0.39 is 6.10 Å². The van der Waals surface area contributed by atoms with Crippen molar-refractivity contribution in [1.29, 1.82) is 0 Å². The Balaban J connectivity index is 1.75. The molecule has 0 saturated heterocycles. The van der Waals surface area contributed by atoms with E-state index in [0.717, 1.165) is 16.8 Å². The minimum Gasteiger partial charge on any atom is -0.481 e. The number of rotatable bonds is 5. The Bertz CT molecular complexity index is 865. The van der Waals surface area contributed by atoms with E-state index in [4.69, 9.17) is 16.3 Å². The van der Waals surface area contributed by atoms with Gasteiger partial charge in [-0.3, -0.25) is 4.79 Å². The Morgan fingerprint density at radius 2 is 1.68 bits per heavy atom.